The van der Waals surface area contributed by atoms with Crippen LogP contribution >= 0.6 is 11.8 Å². The second-order valence-corrected chi connectivity index (χ2v) is 7.29. The lowest BCUT2D eigenvalue weighted by Crippen LogP contribution is -2.16. The third-order valence-electron chi connectivity index (χ3n) is 3.83. The van der Waals surface area contributed by atoms with E-state index in [-0.39, 0.29) is 11.1 Å². The number of nitrogens with zero attached hydrogens (tertiary/aromatic N) is 1. The average Bonchev–Trinajstić information content (AvgIpc) is 2.55. The fourth-order valence-corrected chi connectivity index (χ4v) is 3.05. The van der Waals surface area contributed by atoms with Gasteiger partial charge >= 0.3 is 0 Å². The lowest BCUT2D eigenvalue weighted by Gasteiger charge is -2.10. The molecule has 0 saturated heterocycles. The molecule has 0 aliphatic heterocycles. The highest BCUT2D eigenvalue weighted by molar-refractivity contribution is 8.13. The van der Waals surface area contributed by atoms with Gasteiger partial charge in [-0.25, -0.2) is 0 Å². The molecule has 0 radical (unpaired) electrons. The number of hydrogen-bond acceptors (Lipinski definition) is 3. The Morgan fingerprint density at radius 2 is 1.72 bits per heavy atom. The van der Waals surface area contributed by atoms with Gasteiger partial charge in [-0.2, -0.15) is 0 Å². The molecule has 0 saturated carbocycles. The van der Waals surface area contributed by atoms with Crippen LogP contribution in [0, 0.1) is 13.8 Å². The number of rotatable bonds is 5. The van der Waals surface area contributed by atoms with Crippen molar-refractivity contribution in [2.75, 3.05) is 19.4 Å². The lowest BCUT2D eigenvalue weighted by atomic mass is 10.0. The van der Waals surface area contributed by atoms with Gasteiger partial charge in [0.25, 0.3) is 5.24 Å². The molecule has 0 aliphatic rings. The molecule has 0 aliphatic carbocycles. The molecule has 5 heteroatoms. The molecule has 1 N–H and O–H groups in total. The second kappa shape index (κ2) is 8.72. The fraction of sp³-hybridized carbons (Fsp3) is 0.300. The summed E-state index contributed by atoms with van der Waals surface area (Å²) in [5.74, 6) is -0.00949. The molecule has 0 heterocycles. The summed E-state index contributed by atoms with van der Waals surface area (Å²) >= 11 is 1.16. The Bertz CT molecular complexity index is 755. The molecule has 2 rings (SSSR count). The molecular formula is C20H24N2O2S. The molecular weight excluding hydrogens is 332 g/mol. The average molecular weight is 356 g/mol. The predicted octanol–water partition coefficient (Wildman–Crippen LogP) is 4.65. The van der Waals surface area contributed by atoms with Crippen LogP contribution in [0.25, 0.3) is 0 Å². The van der Waals surface area contributed by atoms with Crippen molar-refractivity contribution < 1.29 is 9.59 Å². The van der Waals surface area contributed by atoms with Gasteiger partial charge in [0.05, 0.1) is 0 Å². The maximum atomic E-state index is 12.1. The van der Waals surface area contributed by atoms with E-state index in [2.05, 4.69) is 37.4 Å². The van der Waals surface area contributed by atoms with E-state index in [0.29, 0.717) is 6.42 Å². The summed E-state index contributed by atoms with van der Waals surface area (Å²) in [7, 11) is 3.44. The molecule has 25 heavy (non-hydrogen) atoms. The summed E-state index contributed by atoms with van der Waals surface area (Å²) < 4.78 is 0. The van der Waals surface area contributed by atoms with Crippen LogP contribution in [0.3, 0.4) is 0 Å². The van der Waals surface area contributed by atoms with Gasteiger partial charge in [0, 0.05) is 31.1 Å². The highest BCUT2D eigenvalue weighted by Crippen LogP contribution is 2.22. The molecule has 132 valence electrons. The first kappa shape index (κ1) is 19.1. The maximum Gasteiger partial charge on any atom is 0.285 e. The smallest absolute Gasteiger partial charge is 0.285 e. The summed E-state index contributed by atoms with van der Waals surface area (Å²) in [6.07, 6.45) is 1.17. The number of aryl methyl sites for hydroxylation is 3. The Morgan fingerprint density at radius 1 is 1.04 bits per heavy atom. The highest BCUT2D eigenvalue weighted by atomic mass is 32.2. The van der Waals surface area contributed by atoms with E-state index >= 15 is 0 Å². The molecule has 0 spiro atoms. The van der Waals surface area contributed by atoms with E-state index in [9.17, 15) is 9.59 Å². The zero-order valence-electron chi connectivity index (χ0n) is 15.1. The molecule has 0 unspecified atom stereocenters. The van der Waals surface area contributed by atoms with Crippen LogP contribution < -0.4 is 5.32 Å². The number of hydrogen-bond donors (Lipinski definition) is 1. The summed E-state index contributed by atoms with van der Waals surface area (Å²) in [5, 5.41) is 2.88. The first-order chi connectivity index (χ1) is 11.8. The Labute approximate surface area is 153 Å². The van der Waals surface area contributed by atoms with Crippen LogP contribution in [0.15, 0.2) is 47.4 Å². The Kier molecular flexibility index (Phi) is 6.65. The second-order valence-electron chi connectivity index (χ2n) is 6.26. The van der Waals surface area contributed by atoms with Crippen molar-refractivity contribution in [1.29, 1.82) is 0 Å². The third-order valence-corrected chi connectivity index (χ3v) is 4.88. The van der Waals surface area contributed by atoms with Gasteiger partial charge in [-0.3, -0.25) is 9.59 Å². The van der Waals surface area contributed by atoms with Gasteiger partial charge in [-0.15, -0.1) is 0 Å². The molecule has 2 amide bonds. The maximum absolute atomic E-state index is 12.1. The van der Waals surface area contributed by atoms with Crippen molar-refractivity contribution in [2.45, 2.75) is 31.6 Å². The van der Waals surface area contributed by atoms with Crippen LogP contribution in [-0.4, -0.2) is 30.1 Å². The van der Waals surface area contributed by atoms with Crippen LogP contribution in [-0.2, 0) is 11.2 Å². The molecule has 2 aromatic carbocycles. The minimum atomic E-state index is -0.0229. The SMILES string of the molecule is Cc1ccc(CCC(=O)Nc2ccc(SC(=O)N(C)C)cc2)c(C)c1. The molecule has 0 atom stereocenters. The largest absolute Gasteiger partial charge is 0.339 e. The zero-order chi connectivity index (χ0) is 18.4. The minimum absolute atomic E-state index is 0.00949. The van der Waals surface area contributed by atoms with Crippen LogP contribution in [0.1, 0.15) is 23.1 Å². The number of nitrogens with one attached hydrogen (secondary N) is 1. The van der Waals surface area contributed by atoms with E-state index in [4.69, 9.17) is 0 Å². The van der Waals surface area contributed by atoms with Gasteiger partial charge in [0.15, 0.2) is 0 Å². The topological polar surface area (TPSA) is 49.4 Å². The van der Waals surface area contributed by atoms with Crippen LogP contribution in [0.4, 0.5) is 10.5 Å². The Balaban J connectivity index is 1.87. The minimum Gasteiger partial charge on any atom is -0.339 e. The van der Waals surface area contributed by atoms with Crippen molar-refractivity contribution in [3.8, 4) is 0 Å². The van der Waals surface area contributed by atoms with E-state index in [1.807, 2.05) is 24.3 Å². The third kappa shape index (κ3) is 5.94. The van der Waals surface area contributed by atoms with Crippen molar-refractivity contribution in [3.05, 3.63) is 59.2 Å². The quantitative estimate of drug-likeness (QED) is 0.794. The monoisotopic (exact) mass is 356 g/mol. The van der Waals surface area contributed by atoms with E-state index in [0.717, 1.165) is 28.8 Å². The molecule has 0 fully saturated rings. The van der Waals surface area contributed by atoms with Gasteiger partial charge in [0.1, 0.15) is 0 Å². The molecule has 0 aromatic heterocycles. The number of anilines is 1. The summed E-state index contributed by atoms with van der Waals surface area (Å²) in [4.78, 5) is 26.2. The standard InChI is InChI=1S/C20H24N2O2S/c1-14-5-6-16(15(2)13-14)7-12-19(23)21-17-8-10-18(11-9-17)25-20(24)22(3)4/h5-6,8-11,13H,7,12H2,1-4H3,(H,21,23). The highest BCUT2D eigenvalue weighted by Gasteiger charge is 2.08. The summed E-state index contributed by atoms with van der Waals surface area (Å²) in [6, 6.07) is 13.6. The van der Waals surface area contributed by atoms with E-state index < -0.39 is 0 Å². The fourth-order valence-electron chi connectivity index (χ4n) is 2.40. The van der Waals surface area contributed by atoms with Crippen LogP contribution in [0.5, 0.6) is 0 Å². The Morgan fingerprint density at radius 3 is 2.32 bits per heavy atom. The summed E-state index contributed by atoms with van der Waals surface area (Å²) in [6.45, 7) is 4.14. The lowest BCUT2D eigenvalue weighted by molar-refractivity contribution is -0.116. The van der Waals surface area contributed by atoms with Crippen LogP contribution in [0.2, 0.25) is 0 Å². The van der Waals surface area contributed by atoms with Gasteiger partial charge < -0.3 is 10.2 Å². The number of benzene rings is 2. The van der Waals surface area contributed by atoms with Crippen molar-refractivity contribution >= 4 is 28.6 Å². The number of carbonyl (C=O) groups is 2. The number of amides is 2. The van der Waals surface area contributed by atoms with Gasteiger partial charge in [0.2, 0.25) is 5.91 Å². The van der Waals surface area contributed by atoms with Crippen molar-refractivity contribution in [3.63, 3.8) is 0 Å². The summed E-state index contributed by atoms with van der Waals surface area (Å²) in [5.41, 5.74) is 4.40. The van der Waals surface area contributed by atoms with Gasteiger partial charge in [-0.05, 0) is 67.4 Å². The number of thioether (sulfide) groups is 1. The first-order valence-corrected chi connectivity index (χ1v) is 9.02. The van der Waals surface area contributed by atoms with E-state index in [1.165, 1.54) is 21.6 Å². The molecule has 0 bridgehead atoms. The number of carbonyl (C=O) groups excluding carboxylic acids is 2. The predicted molar refractivity (Wildman–Crippen MR) is 104 cm³/mol. The molecule has 2 aromatic rings. The zero-order valence-corrected chi connectivity index (χ0v) is 15.9. The van der Waals surface area contributed by atoms with Gasteiger partial charge in [-0.1, -0.05) is 23.8 Å². The first-order valence-electron chi connectivity index (χ1n) is 8.20. The normalized spacial score (nSPS) is 10.4. The van der Waals surface area contributed by atoms with E-state index in [1.54, 1.807) is 14.1 Å². The molecule has 4 nitrogen and oxygen atoms in total. The van der Waals surface area contributed by atoms with Crippen molar-refractivity contribution in [2.24, 2.45) is 0 Å². The van der Waals surface area contributed by atoms with Crippen molar-refractivity contribution in [1.82, 2.24) is 4.90 Å². The Hall–Kier alpha value is -2.27.